The van der Waals surface area contributed by atoms with Crippen molar-refractivity contribution in [3.63, 3.8) is 0 Å². The normalized spacial score (nSPS) is 18.2. The Bertz CT molecular complexity index is 664. The third kappa shape index (κ3) is 2.30. The molecule has 0 aromatic carbocycles. The van der Waals surface area contributed by atoms with E-state index in [0.717, 1.165) is 30.8 Å². The molecule has 1 aliphatic rings. The van der Waals surface area contributed by atoms with E-state index < -0.39 is 0 Å². The highest BCUT2D eigenvalue weighted by Crippen LogP contribution is 2.36. The highest BCUT2D eigenvalue weighted by atomic mass is 16.2. The summed E-state index contributed by atoms with van der Waals surface area (Å²) in [5, 5.41) is 4.47. The van der Waals surface area contributed by atoms with Crippen molar-refractivity contribution in [1.29, 1.82) is 0 Å². The average Bonchev–Trinajstić information content (AvgIpc) is 3.05. The van der Waals surface area contributed by atoms with Crippen LogP contribution in [0.4, 0.5) is 0 Å². The number of carbonyl (C=O) groups excluding carboxylic acids is 1. The Kier molecular flexibility index (Phi) is 3.45. The van der Waals surface area contributed by atoms with Crippen LogP contribution in [0, 0.1) is 13.8 Å². The summed E-state index contributed by atoms with van der Waals surface area (Å²) in [5.41, 5.74) is 3.70. The molecule has 0 saturated carbocycles. The lowest BCUT2D eigenvalue weighted by Crippen LogP contribution is -2.31. The van der Waals surface area contributed by atoms with E-state index in [1.807, 2.05) is 23.6 Å². The van der Waals surface area contributed by atoms with E-state index in [2.05, 4.69) is 22.0 Å². The Balaban J connectivity index is 1.94. The van der Waals surface area contributed by atoms with Crippen LogP contribution in [0.2, 0.25) is 0 Å². The first kappa shape index (κ1) is 13.7. The molecule has 0 spiro atoms. The van der Waals surface area contributed by atoms with Gasteiger partial charge in [-0.05, 0) is 26.7 Å². The molecule has 0 unspecified atom stereocenters. The van der Waals surface area contributed by atoms with Crippen molar-refractivity contribution < 1.29 is 4.79 Å². The lowest BCUT2D eigenvalue weighted by molar-refractivity contribution is 0.0728. The van der Waals surface area contributed by atoms with Gasteiger partial charge in [0.15, 0.2) is 0 Å². The van der Waals surface area contributed by atoms with Gasteiger partial charge in [-0.3, -0.25) is 14.5 Å². The molecule has 3 heterocycles. The summed E-state index contributed by atoms with van der Waals surface area (Å²) in [7, 11) is 1.94. The van der Waals surface area contributed by atoms with E-state index in [1.165, 1.54) is 11.8 Å². The third-order valence-electron chi connectivity index (χ3n) is 4.19. The fourth-order valence-corrected chi connectivity index (χ4v) is 3.14. The standard InChI is InChI=1S/C15H19N5O/c1-10-14(11(2)19(3)18-10)13-5-4-8-20(13)15(21)12-9-16-6-7-17-12/h6-7,9,13H,4-5,8H2,1-3H3/t13-/m1/s1. The van der Waals surface area contributed by atoms with Crippen molar-refractivity contribution in [2.24, 2.45) is 7.05 Å². The quantitative estimate of drug-likeness (QED) is 0.844. The zero-order valence-electron chi connectivity index (χ0n) is 12.6. The zero-order chi connectivity index (χ0) is 15.0. The topological polar surface area (TPSA) is 63.9 Å². The molecule has 21 heavy (non-hydrogen) atoms. The molecule has 0 radical (unpaired) electrons. The molecule has 0 aliphatic carbocycles. The molecule has 6 heteroatoms. The lowest BCUT2D eigenvalue weighted by atomic mass is 10.0. The van der Waals surface area contributed by atoms with Gasteiger partial charge in [0, 0.05) is 37.2 Å². The fourth-order valence-electron chi connectivity index (χ4n) is 3.14. The van der Waals surface area contributed by atoms with E-state index in [-0.39, 0.29) is 11.9 Å². The molecule has 1 saturated heterocycles. The van der Waals surface area contributed by atoms with E-state index in [4.69, 9.17) is 0 Å². The zero-order valence-corrected chi connectivity index (χ0v) is 12.6. The van der Waals surface area contributed by atoms with Crippen LogP contribution in [0.25, 0.3) is 0 Å². The van der Waals surface area contributed by atoms with Crippen LogP contribution < -0.4 is 0 Å². The maximum absolute atomic E-state index is 12.7. The van der Waals surface area contributed by atoms with Gasteiger partial charge in [-0.2, -0.15) is 5.10 Å². The minimum absolute atomic E-state index is 0.0479. The van der Waals surface area contributed by atoms with Gasteiger partial charge in [0.05, 0.1) is 17.9 Å². The van der Waals surface area contributed by atoms with Crippen molar-refractivity contribution in [2.75, 3.05) is 6.54 Å². The fraction of sp³-hybridized carbons (Fsp3) is 0.467. The Morgan fingerprint density at radius 2 is 2.14 bits per heavy atom. The molecule has 110 valence electrons. The molecule has 1 atom stereocenters. The first-order valence-electron chi connectivity index (χ1n) is 7.16. The summed E-state index contributed by atoms with van der Waals surface area (Å²) in [6.45, 7) is 4.82. The van der Waals surface area contributed by atoms with Crippen molar-refractivity contribution >= 4 is 5.91 Å². The minimum Gasteiger partial charge on any atom is -0.330 e. The first-order valence-corrected chi connectivity index (χ1v) is 7.16. The summed E-state index contributed by atoms with van der Waals surface area (Å²) < 4.78 is 1.88. The third-order valence-corrected chi connectivity index (χ3v) is 4.19. The van der Waals surface area contributed by atoms with Crippen molar-refractivity contribution in [3.8, 4) is 0 Å². The molecule has 0 N–H and O–H groups in total. The van der Waals surface area contributed by atoms with Gasteiger partial charge >= 0.3 is 0 Å². The number of hydrogen-bond donors (Lipinski definition) is 0. The molecule has 1 aliphatic heterocycles. The van der Waals surface area contributed by atoms with Gasteiger partial charge in [0.2, 0.25) is 0 Å². The summed E-state index contributed by atoms with van der Waals surface area (Å²) in [4.78, 5) is 22.7. The molecule has 6 nitrogen and oxygen atoms in total. The lowest BCUT2D eigenvalue weighted by Gasteiger charge is -2.25. The molecule has 2 aromatic heterocycles. The Morgan fingerprint density at radius 3 is 2.76 bits per heavy atom. The highest BCUT2D eigenvalue weighted by Gasteiger charge is 2.34. The highest BCUT2D eigenvalue weighted by molar-refractivity contribution is 5.92. The van der Waals surface area contributed by atoms with E-state index in [1.54, 1.807) is 12.4 Å². The van der Waals surface area contributed by atoms with Gasteiger partial charge < -0.3 is 4.90 Å². The Morgan fingerprint density at radius 1 is 1.33 bits per heavy atom. The average molecular weight is 285 g/mol. The number of aryl methyl sites for hydroxylation is 2. The summed E-state index contributed by atoms with van der Waals surface area (Å²) in [5.74, 6) is -0.0479. The summed E-state index contributed by atoms with van der Waals surface area (Å²) >= 11 is 0. The van der Waals surface area contributed by atoms with Gasteiger partial charge in [-0.15, -0.1) is 0 Å². The maximum Gasteiger partial charge on any atom is 0.274 e. The van der Waals surface area contributed by atoms with Crippen LogP contribution in [0.1, 0.15) is 46.3 Å². The van der Waals surface area contributed by atoms with Crippen LogP contribution >= 0.6 is 0 Å². The van der Waals surface area contributed by atoms with Crippen LogP contribution in [0.15, 0.2) is 18.6 Å². The molecule has 0 bridgehead atoms. The number of rotatable bonds is 2. The van der Waals surface area contributed by atoms with E-state index in [9.17, 15) is 4.79 Å². The van der Waals surface area contributed by atoms with Crippen LogP contribution in [0.3, 0.4) is 0 Å². The van der Waals surface area contributed by atoms with Gasteiger partial charge in [0.1, 0.15) is 5.69 Å². The smallest absolute Gasteiger partial charge is 0.274 e. The van der Waals surface area contributed by atoms with Gasteiger partial charge in [-0.1, -0.05) is 0 Å². The molecular weight excluding hydrogens is 266 g/mol. The number of carbonyl (C=O) groups is 1. The number of amides is 1. The summed E-state index contributed by atoms with van der Waals surface area (Å²) in [6, 6.07) is 0.0909. The van der Waals surface area contributed by atoms with Gasteiger partial charge in [0.25, 0.3) is 5.91 Å². The number of nitrogens with zero attached hydrogens (tertiary/aromatic N) is 5. The maximum atomic E-state index is 12.7. The first-order chi connectivity index (χ1) is 10.1. The molecule has 2 aromatic rings. The van der Waals surface area contributed by atoms with Crippen molar-refractivity contribution in [3.05, 3.63) is 41.2 Å². The number of hydrogen-bond acceptors (Lipinski definition) is 4. The SMILES string of the molecule is Cc1nn(C)c(C)c1[C@H]1CCCN1C(=O)c1cnccn1. The second-order valence-electron chi connectivity index (χ2n) is 5.46. The molecule has 1 fully saturated rings. The van der Waals surface area contributed by atoms with Crippen LogP contribution in [0.5, 0.6) is 0 Å². The molecular formula is C15H19N5O. The van der Waals surface area contributed by atoms with E-state index in [0.29, 0.717) is 5.69 Å². The second-order valence-corrected chi connectivity index (χ2v) is 5.46. The monoisotopic (exact) mass is 285 g/mol. The number of aromatic nitrogens is 4. The predicted molar refractivity (Wildman–Crippen MR) is 77.7 cm³/mol. The summed E-state index contributed by atoms with van der Waals surface area (Å²) in [6.07, 6.45) is 6.64. The van der Waals surface area contributed by atoms with Crippen molar-refractivity contribution in [1.82, 2.24) is 24.6 Å². The van der Waals surface area contributed by atoms with Crippen LogP contribution in [-0.4, -0.2) is 37.1 Å². The molecule has 3 rings (SSSR count). The van der Waals surface area contributed by atoms with Crippen molar-refractivity contribution in [2.45, 2.75) is 32.7 Å². The second kappa shape index (κ2) is 5.27. The minimum atomic E-state index is -0.0479. The predicted octanol–water partition coefficient (Wildman–Crippen LogP) is 1.80. The largest absolute Gasteiger partial charge is 0.330 e. The Hall–Kier alpha value is -2.24. The Labute approximate surface area is 123 Å². The van der Waals surface area contributed by atoms with Gasteiger partial charge in [-0.25, -0.2) is 4.98 Å². The van der Waals surface area contributed by atoms with E-state index >= 15 is 0 Å². The van der Waals surface area contributed by atoms with Crippen LogP contribution in [-0.2, 0) is 7.05 Å². The molecule has 1 amide bonds. The number of likely N-dealkylation sites (tertiary alicyclic amines) is 1.